The van der Waals surface area contributed by atoms with Crippen molar-refractivity contribution < 1.29 is 27.6 Å². The number of aromatic nitrogens is 2. The van der Waals surface area contributed by atoms with E-state index in [0.29, 0.717) is 5.15 Å². The van der Waals surface area contributed by atoms with Gasteiger partial charge in [0.2, 0.25) is 5.88 Å². The van der Waals surface area contributed by atoms with E-state index in [1.807, 2.05) is 13.8 Å². The first kappa shape index (κ1) is 25.1. The summed E-state index contributed by atoms with van der Waals surface area (Å²) in [6.07, 6.45) is 0. The van der Waals surface area contributed by atoms with Gasteiger partial charge >= 0.3 is 7.82 Å². The molecule has 0 amide bonds. The van der Waals surface area contributed by atoms with E-state index in [-0.39, 0.29) is 46.6 Å². The standard InChI is InChI=1S/C18H22Cl3N2O6P/c1-5-26-30(24,27-6-2)28-10-25-12-7-14(19)17(15(20)8-12)29-16-9-13(11(3)4)18(21)23-22-16/h7-9,11H,5-6,10H2,1-4H3. The lowest BCUT2D eigenvalue weighted by atomic mass is 10.1. The van der Waals surface area contributed by atoms with Gasteiger partial charge in [0.15, 0.2) is 17.7 Å². The Morgan fingerprint density at radius 3 is 2.10 bits per heavy atom. The van der Waals surface area contributed by atoms with Crippen LogP contribution in [0.25, 0.3) is 0 Å². The van der Waals surface area contributed by atoms with Gasteiger partial charge in [-0.3, -0.25) is 9.05 Å². The van der Waals surface area contributed by atoms with Crippen LogP contribution in [-0.2, 0) is 18.1 Å². The molecule has 0 radical (unpaired) electrons. The van der Waals surface area contributed by atoms with Gasteiger partial charge in [-0.05, 0) is 25.3 Å². The van der Waals surface area contributed by atoms with Crippen LogP contribution < -0.4 is 9.47 Å². The molecule has 30 heavy (non-hydrogen) atoms. The molecule has 0 aliphatic carbocycles. The van der Waals surface area contributed by atoms with Crippen molar-refractivity contribution >= 4 is 42.6 Å². The zero-order valence-corrected chi connectivity index (χ0v) is 20.0. The van der Waals surface area contributed by atoms with Crippen LogP contribution >= 0.6 is 42.6 Å². The molecule has 0 aliphatic rings. The van der Waals surface area contributed by atoms with Crippen molar-refractivity contribution in [1.29, 1.82) is 0 Å². The van der Waals surface area contributed by atoms with Gasteiger partial charge in [-0.1, -0.05) is 48.7 Å². The molecule has 0 saturated carbocycles. The van der Waals surface area contributed by atoms with Crippen LogP contribution in [0.1, 0.15) is 39.2 Å². The molecule has 0 atom stereocenters. The maximum absolute atomic E-state index is 12.3. The number of hydrogen-bond donors (Lipinski definition) is 0. The predicted octanol–water partition coefficient (Wildman–Crippen LogP) is 6.89. The smallest absolute Gasteiger partial charge is 0.467 e. The monoisotopic (exact) mass is 498 g/mol. The summed E-state index contributed by atoms with van der Waals surface area (Å²) in [5.74, 6) is 0.758. The molecule has 0 saturated heterocycles. The Labute approximate surface area is 190 Å². The van der Waals surface area contributed by atoms with Gasteiger partial charge in [-0.2, -0.15) is 0 Å². The topological polar surface area (TPSA) is 89.0 Å². The summed E-state index contributed by atoms with van der Waals surface area (Å²) >= 11 is 18.6. The second-order valence-electron chi connectivity index (χ2n) is 6.08. The maximum atomic E-state index is 12.3. The van der Waals surface area contributed by atoms with Crippen LogP contribution in [0, 0.1) is 0 Å². The molecular weight excluding hydrogens is 478 g/mol. The Morgan fingerprint density at radius 2 is 1.57 bits per heavy atom. The van der Waals surface area contributed by atoms with Crippen molar-refractivity contribution in [2.45, 2.75) is 33.6 Å². The first-order chi connectivity index (χ1) is 14.2. The van der Waals surface area contributed by atoms with Crippen molar-refractivity contribution in [3.05, 3.63) is 39.0 Å². The maximum Gasteiger partial charge on any atom is 0.477 e. The molecule has 2 rings (SSSR count). The van der Waals surface area contributed by atoms with Crippen molar-refractivity contribution in [1.82, 2.24) is 10.2 Å². The molecule has 0 fully saturated rings. The lowest BCUT2D eigenvalue weighted by Gasteiger charge is -2.17. The van der Waals surface area contributed by atoms with Crippen LogP contribution in [0.3, 0.4) is 0 Å². The van der Waals surface area contributed by atoms with E-state index in [1.54, 1.807) is 19.9 Å². The number of halogens is 3. The van der Waals surface area contributed by atoms with E-state index in [9.17, 15) is 4.57 Å². The highest BCUT2D eigenvalue weighted by molar-refractivity contribution is 7.48. The fourth-order valence-corrected chi connectivity index (χ4v) is 4.13. The molecule has 1 heterocycles. The molecule has 2 aromatic rings. The molecule has 0 unspecified atom stereocenters. The predicted molar refractivity (Wildman–Crippen MR) is 115 cm³/mol. The first-order valence-corrected chi connectivity index (χ1v) is 11.6. The Hall–Kier alpha value is -1.12. The third-order valence-corrected chi connectivity index (χ3v) is 5.99. The fourth-order valence-electron chi connectivity index (χ4n) is 2.24. The normalized spacial score (nSPS) is 11.7. The number of phosphoric ester groups is 1. The molecule has 0 aliphatic heterocycles. The summed E-state index contributed by atoms with van der Waals surface area (Å²) in [5.41, 5.74) is 0.777. The van der Waals surface area contributed by atoms with Gasteiger partial charge < -0.3 is 9.47 Å². The summed E-state index contributed by atoms with van der Waals surface area (Å²) in [7, 11) is -3.69. The zero-order valence-electron chi connectivity index (χ0n) is 16.9. The quantitative estimate of drug-likeness (QED) is 0.244. The summed E-state index contributed by atoms with van der Waals surface area (Å²) in [6, 6.07) is 4.60. The summed E-state index contributed by atoms with van der Waals surface area (Å²) in [5, 5.41) is 8.41. The SMILES string of the molecule is CCOP(=O)(OCC)OCOc1cc(Cl)c(Oc2cc(C(C)C)c(Cl)nn2)c(Cl)c1. The molecule has 0 spiro atoms. The highest BCUT2D eigenvalue weighted by Gasteiger charge is 2.25. The number of nitrogens with zero attached hydrogens (tertiary/aromatic N) is 2. The number of phosphoric acid groups is 1. The molecular formula is C18H22Cl3N2O6P. The highest BCUT2D eigenvalue weighted by Crippen LogP contribution is 2.49. The number of rotatable bonds is 11. The van der Waals surface area contributed by atoms with Gasteiger partial charge in [0.05, 0.1) is 23.3 Å². The van der Waals surface area contributed by atoms with Crippen molar-refractivity contribution in [2.24, 2.45) is 0 Å². The molecule has 166 valence electrons. The van der Waals surface area contributed by atoms with Gasteiger partial charge in [0, 0.05) is 18.2 Å². The minimum absolute atomic E-state index is 0.126. The largest absolute Gasteiger partial charge is 0.477 e. The number of ether oxygens (including phenoxy) is 2. The zero-order chi connectivity index (χ0) is 22.3. The first-order valence-electron chi connectivity index (χ1n) is 9.05. The Morgan fingerprint density at radius 1 is 0.967 bits per heavy atom. The fraction of sp³-hybridized carbons (Fsp3) is 0.444. The van der Waals surface area contributed by atoms with Crippen LogP contribution in [0.15, 0.2) is 18.2 Å². The highest BCUT2D eigenvalue weighted by atomic mass is 35.5. The number of hydrogen-bond acceptors (Lipinski definition) is 8. The second kappa shape index (κ2) is 11.5. The minimum atomic E-state index is -3.69. The Bertz CT molecular complexity index is 882. The average Bonchev–Trinajstić information content (AvgIpc) is 2.66. The molecule has 0 bridgehead atoms. The van der Waals surface area contributed by atoms with Crippen molar-refractivity contribution in [3.8, 4) is 17.4 Å². The van der Waals surface area contributed by atoms with E-state index < -0.39 is 14.6 Å². The van der Waals surface area contributed by atoms with Crippen molar-refractivity contribution in [3.63, 3.8) is 0 Å². The lowest BCUT2D eigenvalue weighted by molar-refractivity contribution is 0.0538. The molecule has 12 heteroatoms. The van der Waals surface area contributed by atoms with Gasteiger partial charge in [-0.25, -0.2) is 9.09 Å². The van der Waals surface area contributed by atoms with Crippen LogP contribution in [0.2, 0.25) is 15.2 Å². The van der Waals surface area contributed by atoms with E-state index in [4.69, 9.17) is 57.8 Å². The third kappa shape index (κ3) is 6.95. The van der Waals surface area contributed by atoms with Gasteiger partial charge in [0.25, 0.3) is 0 Å². The summed E-state index contributed by atoms with van der Waals surface area (Å²) in [6.45, 7) is 7.20. The van der Waals surface area contributed by atoms with E-state index in [0.717, 1.165) is 5.56 Å². The van der Waals surface area contributed by atoms with Crippen LogP contribution in [0.4, 0.5) is 0 Å². The van der Waals surface area contributed by atoms with Crippen LogP contribution in [-0.4, -0.2) is 30.2 Å². The third-order valence-electron chi connectivity index (χ3n) is 3.56. The number of benzene rings is 1. The van der Waals surface area contributed by atoms with Gasteiger partial charge in [-0.15, -0.1) is 10.2 Å². The van der Waals surface area contributed by atoms with E-state index >= 15 is 0 Å². The van der Waals surface area contributed by atoms with Crippen LogP contribution in [0.5, 0.6) is 17.4 Å². The molecule has 0 N–H and O–H groups in total. The average molecular weight is 500 g/mol. The molecule has 8 nitrogen and oxygen atoms in total. The van der Waals surface area contributed by atoms with E-state index in [1.165, 1.54) is 12.1 Å². The van der Waals surface area contributed by atoms with Gasteiger partial charge in [0.1, 0.15) is 5.75 Å². The summed E-state index contributed by atoms with van der Waals surface area (Å²) < 4.78 is 38.5. The lowest BCUT2D eigenvalue weighted by Crippen LogP contribution is -2.06. The second-order valence-corrected chi connectivity index (χ2v) is 8.92. The molecule has 1 aromatic heterocycles. The summed E-state index contributed by atoms with van der Waals surface area (Å²) in [4.78, 5) is 0. The van der Waals surface area contributed by atoms with E-state index in [2.05, 4.69) is 10.2 Å². The molecule has 1 aromatic carbocycles. The van der Waals surface area contributed by atoms with Crippen molar-refractivity contribution in [2.75, 3.05) is 20.0 Å². The Kier molecular flexibility index (Phi) is 9.63. The minimum Gasteiger partial charge on any atom is -0.467 e. The Balaban J connectivity index is 2.10.